The molecule has 0 aliphatic carbocycles. The highest BCUT2D eigenvalue weighted by molar-refractivity contribution is 7.71. The van der Waals surface area contributed by atoms with Gasteiger partial charge in [0.05, 0.1) is 0 Å². The second-order valence-electron chi connectivity index (χ2n) is 3.22. The van der Waals surface area contributed by atoms with E-state index >= 15 is 0 Å². The first-order valence-electron chi connectivity index (χ1n) is 4.30. The molecule has 0 fully saturated rings. The number of alkyl halides is 1. The van der Waals surface area contributed by atoms with Crippen molar-refractivity contribution in [2.24, 2.45) is 0 Å². The first kappa shape index (κ1) is 9.69. The Morgan fingerprint density at radius 1 is 1.36 bits per heavy atom. The molecule has 0 aliphatic rings. The highest BCUT2D eigenvalue weighted by Crippen LogP contribution is 2.22. The van der Waals surface area contributed by atoms with Crippen molar-refractivity contribution in [1.29, 1.82) is 0 Å². The van der Waals surface area contributed by atoms with Crippen molar-refractivity contribution in [2.75, 3.05) is 0 Å². The highest BCUT2D eigenvalue weighted by atomic mass is 35.5. The van der Waals surface area contributed by atoms with Gasteiger partial charge < -0.3 is 4.42 Å². The van der Waals surface area contributed by atoms with Gasteiger partial charge in [0.1, 0.15) is 5.58 Å². The molecule has 0 spiro atoms. The maximum atomic E-state index is 5.83. The summed E-state index contributed by atoms with van der Waals surface area (Å²) < 4.78 is 5.93. The summed E-state index contributed by atoms with van der Waals surface area (Å²) in [6, 6.07) is 7.83. The lowest BCUT2D eigenvalue weighted by Crippen LogP contribution is -1.83. The Morgan fingerprint density at radius 3 is 2.86 bits per heavy atom. The molecular weight excluding hydrogens is 216 g/mol. The van der Waals surface area contributed by atoms with Gasteiger partial charge in [0, 0.05) is 11.3 Å². The van der Waals surface area contributed by atoms with E-state index in [1.54, 1.807) is 6.07 Å². The van der Waals surface area contributed by atoms with E-state index in [4.69, 9.17) is 28.2 Å². The average molecular weight is 225 g/mol. The van der Waals surface area contributed by atoms with Crippen molar-refractivity contribution >= 4 is 34.8 Å². The van der Waals surface area contributed by atoms with E-state index in [0.29, 0.717) is 10.6 Å². The average Bonchev–Trinajstić information content (AvgIpc) is 2.15. The van der Waals surface area contributed by atoms with Crippen LogP contribution in [0.1, 0.15) is 11.1 Å². The molecule has 0 saturated heterocycles. The van der Waals surface area contributed by atoms with Crippen LogP contribution in [0, 0.1) is 11.6 Å². The van der Waals surface area contributed by atoms with E-state index < -0.39 is 0 Å². The maximum Gasteiger partial charge on any atom is 0.191 e. The molecule has 2 aromatic rings. The monoisotopic (exact) mass is 224 g/mol. The molecule has 0 saturated carbocycles. The Hall–Kier alpha value is -0.860. The van der Waals surface area contributed by atoms with E-state index in [1.807, 2.05) is 25.1 Å². The van der Waals surface area contributed by atoms with Gasteiger partial charge in [0.15, 0.2) is 4.71 Å². The number of fused-ring (bicyclic) bond motifs is 1. The van der Waals surface area contributed by atoms with Crippen LogP contribution in [0.25, 0.3) is 11.0 Å². The zero-order valence-electron chi connectivity index (χ0n) is 7.71. The Kier molecular flexibility index (Phi) is 2.57. The van der Waals surface area contributed by atoms with Crippen LogP contribution in [0.4, 0.5) is 0 Å². The highest BCUT2D eigenvalue weighted by Gasteiger charge is 2.02. The Morgan fingerprint density at radius 2 is 2.14 bits per heavy atom. The van der Waals surface area contributed by atoms with Crippen LogP contribution in [0.5, 0.6) is 0 Å². The fourth-order valence-corrected chi connectivity index (χ4v) is 1.90. The lowest BCUT2D eigenvalue weighted by molar-refractivity contribution is 0.585. The van der Waals surface area contributed by atoms with Crippen LogP contribution in [-0.2, 0) is 5.88 Å². The standard InChI is InChI=1S/C11H9ClOS/c1-7-2-3-9-8(6-12)5-11(14)13-10(9)4-7/h2-5H,6H2,1H3. The first-order valence-corrected chi connectivity index (χ1v) is 5.24. The molecule has 1 nitrogen and oxygen atoms in total. The minimum absolute atomic E-state index is 0.458. The molecule has 0 atom stereocenters. The molecule has 3 heteroatoms. The second-order valence-corrected chi connectivity index (χ2v) is 3.89. The molecular formula is C11H9ClOS. The van der Waals surface area contributed by atoms with Crippen LogP contribution >= 0.6 is 23.8 Å². The Balaban J connectivity index is 2.87. The number of aryl methyl sites for hydroxylation is 1. The summed E-state index contributed by atoms with van der Waals surface area (Å²) in [6.07, 6.45) is 0. The summed E-state index contributed by atoms with van der Waals surface area (Å²) in [5.41, 5.74) is 2.99. The van der Waals surface area contributed by atoms with Crippen molar-refractivity contribution in [1.82, 2.24) is 0 Å². The van der Waals surface area contributed by atoms with Gasteiger partial charge in [-0.15, -0.1) is 11.6 Å². The third kappa shape index (κ3) is 1.68. The number of hydrogen-bond donors (Lipinski definition) is 0. The van der Waals surface area contributed by atoms with E-state index in [9.17, 15) is 0 Å². The second kappa shape index (κ2) is 3.71. The minimum atomic E-state index is 0.458. The molecule has 0 amide bonds. The van der Waals surface area contributed by atoms with Gasteiger partial charge in [0.2, 0.25) is 0 Å². The van der Waals surface area contributed by atoms with Crippen LogP contribution in [0.2, 0.25) is 0 Å². The molecule has 0 radical (unpaired) electrons. The Bertz CT molecular complexity index is 530. The molecule has 0 aliphatic heterocycles. The van der Waals surface area contributed by atoms with E-state index in [-0.39, 0.29) is 0 Å². The van der Waals surface area contributed by atoms with Gasteiger partial charge in [-0.2, -0.15) is 0 Å². The smallest absolute Gasteiger partial charge is 0.191 e. The molecule has 0 bridgehead atoms. The zero-order chi connectivity index (χ0) is 10.1. The lowest BCUT2D eigenvalue weighted by atomic mass is 10.1. The number of rotatable bonds is 1. The van der Waals surface area contributed by atoms with Crippen LogP contribution in [-0.4, -0.2) is 0 Å². The minimum Gasteiger partial charge on any atom is -0.445 e. The van der Waals surface area contributed by atoms with Crippen LogP contribution < -0.4 is 0 Å². The van der Waals surface area contributed by atoms with Gasteiger partial charge in [-0.05, 0) is 42.4 Å². The van der Waals surface area contributed by atoms with Crippen molar-refractivity contribution in [3.63, 3.8) is 0 Å². The summed E-state index contributed by atoms with van der Waals surface area (Å²) >= 11 is 10.8. The molecule has 2 rings (SSSR count). The Labute approximate surface area is 92.3 Å². The fourth-order valence-electron chi connectivity index (χ4n) is 1.45. The molecule has 1 aromatic heterocycles. The van der Waals surface area contributed by atoms with Gasteiger partial charge in [0.25, 0.3) is 0 Å². The molecule has 1 heterocycles. The molecule has 72 valence electrons. The normalized spacial score (nSPS) is 10.7. The number of benzene rings is 1. The number of halogens is 1. The fraction of sp³-hybridized carbons (Fsp3) is 0.182. The summed E-state index contributed by atoms with van der Waals surface area (Å²) in [6.45, 7) is 2.02. The van der Waals surface area contributed by atoms with Crippen LogP contribution in [0.15, 0.2) is 28.7 Å². The van der Waals surface area contributed by atoms with E-state index in [1.165, 1.54) is 0 Å². The van der Waals surface area contributed by atoms with Gasteiger partial charge in [-0.25, -0.2) is 0 Å². The maximum absolute atomic E-state index is 5.83. The quantitative estimate of drug-likeness (QED) is 0.532. The van der Waals surface area contributed by atoms with E-state index in [2.05, 4.69) is 0 Å². The SMILES string of the molecule is Cc1ccc2c(CCl)cc(=S)oc2c1. The molecule has 1 aromatic carbocycles. The number of hydrogen-bond acceptors (Lipinski definition) is 2. The third-order valence-corrected chi connectivity index (χ3v) is 2.62. The predicted octanol–water partition coefficient (Wildman–Crippen LogP) is 4.21. The van der Waals surface area contributed by atoms with E-state index in [0.717, 1.165) is 22.1 Å². The van der Waals surface area contributed by atoms with Gasteiger partial charge >= 0.3 is 0 Å². The molecule has 0 N–H and O–H groups in total. The predicted molar refractivity (Wildman–Crippen MR) is 61.3 cm³/mol. The van der Waals surface area contributed by atoms with Gasteiger partial charge in [-0.3, -0.25) is 0 Å². The summed E-state index contributed by atoms with van der Waals surface area (Å²) in [7, 11) is 0. The largest absolute Gasteiger partial charge is 0.445 e. The van der Waals surface area contributed by atoms with Crippen molar-refractivity contribution in [2.45, 2.75) is 12.8 Å². The lowest BCUT2D eigenvalue weighted by Gasteiger charge is -2.02. The molecule has 14 heavy (non-hydrogen) atoms. The third-order valence-electron chi connectivity index (χ3n) is 2.13. The van der Waals surface area contributed by atoms with Crippen LogP contribution in [0.3, 0.4) is 0 Å². The van der Waals surface area contributed by atoms with Gasteiger partial charge in [-0.1, -0.05) is 12.1 Å². The topological polar surface area (TPSA) is 13.1 Å². The van der Waals surface area contributed by atoms with Crippen molar-refractivity contribution in [3.8, 4) is 0 Å². The van der Waals surface area contributed by atoms with Crippen molar-refractivity contribution in [3.05, 3.63) is 40.1 Å². The summed E-state index contributed by atoms with van der Waals surface area (Å²) in [5, 5.41) is 1.04. The molecule has 0 unspecified atom stereocenters. The zero-order valence-corrected chi connectivity index (χ0v) is 9.28. The summed E-state index contributed by atoms with van der Waals surface area (Å²) in [4.78, 5) is 0. The summed E-state index contributed by atoms with van der Waals surface area (Å²) in [5.74, 6) is 0.458. The van der Waals surface area contributed by atoms with Crippen molar-refractivity contribution < 1.29 is 4.42 Å². The first-order chi connectivity index (χ1) is 6.70.